The Morgan fingerprint density at radius 2 is 1.81 bits per heavy atom. The highest BCUT2D eigenvalue weighted by Crippen LogP contribution is 2.27. The molecule has 86 valence electrons. The Kier molecular flexibility index (Phi) is 3.20. The summed E-state index contributed by atoms with van der Waals surface area (Å²) < 4.78 is 37.0. The molecule has 0 radical (unpaired) electrons. The minimum atomic E-state index is -2.00. The van der Waals surface area contributed by atoms with Gasteiger partial charge in [0.2, 0.25) is 0 Å². The Bertz CT molecular complexity index is 393. The zero-order valence-corrected chi connectivity index (χ0v) is 8.19. The summed E-state index contributed by atoms with van der Waals surface area (Å²) in [7, 11) is -2.00. The molecule has 1 fully saturated rings. The zero-order valence-electron chi connectivity index (χ0n) is 8.19. The van der Waals surface area contributed by atoms with Crippen LogP contribution < -0.4 is 5.46 Å². The molecule has 2 rings (SSSR count). The molecule has 0 spiro atoms. The molecule has 0 amide bonds. The van der Waals surface area contributed by atoms with Crippen molar-refractivity contribution in [3.63, 3.8) is 0 Å². The summed E-state index contributed by atoms with van der Waals surface area (Å²) in [5.74, 6) is -1.89. The lowest BCUT2D eigenvalue weighted by Gasteiger charge is -2.13. The number of rotatable bonds is 2. The molecule has 16 heavy (non-hydrogen) atoms. The molecule has 0 bridgehead atoms. The van der Waals surface area contributed by atoms with Crippen molar-refractivity contribution < 1.29 is 28.3 Å². The van der Waals surface area contributed by atoms with Gasteiger partial charge in [0.25, 0.3) is 0 Å². The van der Waals surface area contributed by atoms with Crippen molar-refractivity contribution in [3.8, 4) is 0 Å². The van der Waals surface area contributed by atoms with Crippen LogP contribution in [0.15, 0.2) is 12.1 Å². The van der Waals surface area contributed by atoms with Gasteiger partial charge in [0.05, 0.1) is 18.8 Å². The van der Waals surface area contributed by atoms with Crippen LogP contribution in [0.3, 0.4) is 0 Å². The first-order valence-corrected chi connectivity index (χ1v) is 4.68. The topological polar surface area (TPSA) is 58.9 Å². The van der Waals surface area contributed by atoms with Gasteiger partial charge in [-0.1, -0.05) is 6.07 Å². The molecule has 2 N–H and O–H groups in total. The van der Waals surface area contributed by atoms with E-state index in [4.69, 9.17) is 19.5 Å². The highest BCUT2D eigenvalue weighted by molar-refractivity contribution is 6.58. The summed E-state index contributed by atoms with van der Waals surface area (Å²) in [5, 5.41) is 17.7. The van der Waals surface area contributed by atoms with Crippen molar-refractivity contribution in [2.24, 2.45) is 0 Å². The molecule has 0 atom stereocenters. The smallest absolute Gasteiger partial charge is 0.423 e. The highest BCUT2D eigenvalue weighted by atomic mass is 19.1. The molecular weight excluding hydrogens is 221 g/mol. The quantitative estimate of drug-likeness (QED) is 0.684. The van der Waals surface area contributed by atoms with Crippen LogP contribution in [-0.2, 0) is 9.47 Å². The third-order valence-electron chi connectivity index (χ3n) is 2.29. The second kappa shape index (κ2) is 4.46. The van der Waals surface area contributed by atoms with E-state index in [2.05, 4.69) is 0 Å². The number of benzene rings is 1. The van der Waals surface area contributed by atoms with E-state index >= 15 is 0 Å². The Morgan fingerprint density at radius 1 is 1.19 bits per heavy atom. The number of hydrogen-bond donors (Lipinski definition) is 2. The largest absolute Gasteiger partial charge is 0.491 e. The van der Waals surface area contributed by atoms with Crippen LogP contribution in [0.1, 0.15) is 11.9 Å². The second-order valence-electron chi connectivity index (χ2n) is 3.31. The van der Waals surface area contributed by atoms with Crippen LogP contribution >= 0.6 is 0 Å². The average molecular weight is 230 g/mol. The van der Waals surface area contributed by atoms with E-state index in [1.807, 2.05) is 0 Å². The van der Waals surface area contributed by atoms with Crippen molar-refractivity contribution in [2.75, 3.05) is 13.2 Å². The molecule has 0 aromatic heterocycles. The first-order valence-electron chi connectivity index (χ1n) is 4.68. The van der Waals surface area contributed by atoms with Gasteiger partial charge in [-0.2, -0.15) is 0 Å². The molecule has 1 saturated heterocycles. The highest BCUT2D eigenvalue weighted by Gasteiger charge is 2.29. The zero-order chi connectivity index (χ0) is 11.7. The van der Waals surface area contributed by atoms with Crippen molar-refractivity contribution in [2.45, 2.75) is 6.29 Å². The van der Waals surface area contributed by atoms with Gasteiger partial charge < -0.3 is 19.5 Å². The normalized spacial score (nSPS) is 16.8. The van der Waals surface area contributed by atoms with Crippen molar-refractivity contribution in [1.82, 2.24) is 0 Å². The second-order valence-corrected chi connectivity index (χ2v) is 3.31. The van der Waals surface area contributed by atoms with E-state index < -0.39 is 36.1 Å². The van der Waals surface area contributed by atoms with Crippen LogP contribution in [0, 0.1) is 11.6 Å². The third kappa shape index (κ3) is 1.94. The molecule has 1 heterocycles. The fourth-order valence-electron chi connectivity index (χ4n) is 1.53. The van der Waals surface area contributed by atoms with Crippen LogP contribution in [0.25, 0.3) is 0 Å². The predicted molar refractivity (Wildman–Crippen MR) is 50.8 cm³/mol. The summed E-state index contributed by atoms with van der Waals surface area (Å²) >= 11 is 0. The minimum absolute atomic E-state index is 0.245. The number of halogens is 2. The van der Waals surface area contributed by atoms with E-state index in [1.165, 1.54) is 0 Å². The first-order chi connectivity index (χ1) is 7.61. The molecule has 1 aromatic rings. The lowest BCUT2D eigenvalue weighted by atomic mass is 9.79. The SMILES string of the molecule is OB(O)c1ccc(F)c(C2OCCO2)c1F. The summed E-state index contributed by atoms with van der Waals surface area (Å²) in [6.45, 7) is 0.491. The van der Waals surface area contributed by atoms with Gasteiger partial charge in [-0.15, -0.1) is 0 Å². The summed E-state index contributed by atoms with van der Waals surface area (Å²) in [6.07, 6.45) is -1.13. The van der Waals surface area contributed by atoms with Gasteiger partial charge in [-0.25, -0.2) is 8.78 Å². The van der Waals surface area contributed by atoms with Crippen LogP contribution in [0.2, 0.25) is 0 Å². The van der Waals surface area contributed by atoms with E-state index in [0.717, 1.165) is 12.1 Å². The Balaban J connectivity index is 2.45. The molecule has 0 unspecified atom stereocenters. The molecule has 4 nitrogen and oxygen atoms in total. The van der Waals surface area contributed by atoms with Crippen LogP contribution in [0.5, 0.6) is 0 Å². The Hall–Kier alpha value is -1.02. The lowest BCUT2D eigenvalue weighted by molar-refractivity contribution is -0.0488. The van der Waals surface area contributed by atoms with Crippen molar-refractivity contribution in [1.29, 1.82) is 0 Å². The van der Waals surface area contributed by atoms with Gasteiger partial charge >= 0.3 is 7.12 Å². The number of ether oxygens (including phenoxy) is 2. The molecule has 0 saturated carbocycles. The van der Waals surface area contributed by atoms with Gasteiger partial charge in [0.15, 0.2) is 6.29 Å². The Morgan fingerprint density at radius 3 is 2.38 bits per heavy atom. The summed E-state index contributed by atoms with van der Waals surface area (Å²) in [5.41, 5.74) is -0.835. The molecule has 0 aliphatic carbocycles. The standard InChI is InChI=1S/C9H9BF2O4/c11-6-2-1-5(10(13)14)8(12)7(6)9-15-3-4-16-9/h1-2,9,13-14H,3-4H2. The van der Waals surface area contributed by atoms with Crippen LogP contribution in [-0.4, -0.2) is 30.4 Å². The molecular formula is C9H9BF2O4. The van der Waals surface area contributed by atoms with Gasteiger partial charge in [0, 0.05) is 5.46 Å². The van der Waals surface area contributed by atoms with Gasteiger partial charge in [-0.3, -0.25) is 0 Å². The molecule has 1 aromatic carbocycles. The lowest BCUT2D eigenvalue weighted by Crippen LogP contribution is -2.34. The van der Waals surface area contributed by atoms with E-state index in [0.29, 0.717) is 0 Å². The molecule has 7 heteroatoms. The molecule has 1 aliphatic heterocycles. The average Bonchev–Trinajstić information content (AvgIpc) is 2.70. The van der Waals surface area contributed by atoms with Crippen molar-refractivity contribution >= 4 is 12.6 Å². The summed E-state index contributed by atoms with van der Waals surface area (Å²) in [4.78, 5) is 0. The Labute approximate surface area is 90.6 Å². The van der Waals surface area contributed by atoms with Crippen molar-refractivity contribution in [3.05, 3.63) is 29.3 Å². The van der Waals surface area contributed by atoms with Crippen LogP contribution in [0.4, 0.5) is 8.78 Å². The van der Waals surface area contributed by atoms with E-state index in [-0.39, 0.29) is 13.2 Å². The van der Waals surface area contributed by atoms with Gasteiger partial charge in [0.1, 0.15) is 11.6 Å². The summed E-state index contributed by atoms with van der Waals surface area (Å²) in [6, 6.07) is 1.91. The van der Waals surface area contributed by atoms with Gasteiger partial charge in [-0.05, 0) is 6.07 Å². The minimum Gasteiger partial charge on any atom is -0.423 e. The predicted octanol–water partition coefficient (Wildman–Crippen LogP) is -0.310. The maximum atomic E-state index is 13.7. The fourth-order valence-corrected chi connectivity index (χ4v) is 1.53. The third-order valence-corrected chi connectivity index (χ3v) is 2.29. The first kappa shape index (κ1) is 11.5. The maximum Gasteiger partial charge on any atom is 0.491 e. The monoisotopic (exact) mass is 230 g/mol. The maximum absolute atomic E-state index is 13.7. The molecule has 1 aliphatic rings. The fraction of sp³-hybridized carbons (Fsp3) is 0.333. The van der Waals surface area contributed by atoms with E-state index in [9.17, 15) is 8.78 Å². The number of hydrogen-bond acceptors (Lipinski definition) is 4. The van der Waals surface area contributed by atoms with E-state index in [1.54, 1.807) is 0 Å².